The van der Waals surface area contributed by atoms with E-state index in [-0.39, 0.29) is 31.1 Å². The van der Waals surface area contributed by atoms with Crippen LogP contribution in [0.3, 0.4) is 0 Å². The minimum atomic E-state index is -0.833. The monoisotopic (exact) mass is 298 g/mol. The summed E-state index contributed by atoms with van der Waals surface area (Å²) in [6, 6.07) is -0.833. The fourth-order valence-corrected chi connectivity index (χ4v) is 0. The second kappa shape index (κ2) is 4.32. The van der Waals surface area contributed by atoms with E-state index in [1.165, 1.54) is 0 Å². The number of carbonyl (C=O) groups excluding carboxylic acids is 1. The van der Waals surface area contributed by atoms with Crippen LogP contribution >= 0.6 is 0 Å². The van der Waals surface area contributed by atoms with Crippen LogP contribution in [0.2, 0.25) is 0 Å². The number of hydrogen-bond acceptors (Lipinski definition) is 1. The molecule has 0 aliphatic heterocycles. The molecule has 0 aliphatic rings. The molecule has 0 saturated carbocycles. The second-order valence-electron chi connectivity index (χ2n) is 0.402. The largest absolute Gasteiger partial charge is 0.352 e. The van der Waals surface area contributed by atoms with Crippen LogP contribution in [0.15, 0.2) is 0 Å². The maximum absolute atomic E-state index is 9.00. The van der Waals surface area contributed by atoms with E-state index in [1.54, 1.807) is 0 Å². The van der Waals surface area contributed by atoms with Gasteiger partial charge < -0.3 is 11.5 Å². The van der Waals surface area contributed by atoms with Crippen LogP contribution in [0.4, 0.5) is 4.79 Å². The average Bonchev–Trinajstić information content (AvgIpc) is 0.811. The van der Waals surface area contributed by atoms with Gasteiger partial charge in [0.2, 0.25) is 0 Å². The van der Waals surface area contributed by atoms with Gasteiger partial charge in [-0.1, -0.05) is 0 Å². The van der Waals surface area contributed by atoms with Crippen LogP contribution < -0.4 is 11.5 Å². The van der Waals surface area contributed by atoms with Gasteiger partial charge in [0.25, 0.3) is 0 Å². The van der Waals surface area contributed by atoms with E-state index in [2.05, 4.69) is 11.5 Å². The first kappa shape index (κ1) is 9.01. The van der Waals surface area contributed by atoms with Crippen LogP contribution in [-0.4, -0.2) is 6.03 Å². The standard InChI is InChI=1S/CH4N2O.U/c2-1(3)4;/h(H4,2,3,4);. The number of carbonyl (C=O) groups is 1. The topological polar surface area (TPSA) is 69.1 Å². The number of urea groups is 1. The van der Waals surface area contributed by atoms with Crippen LogP contribution in [0.25, 0.3) is 0 Å². The molecule has 0 heterocycles. The van der Waals surface area contributed by atoms with Crippen LogP contribution in [0.1, 0.15) is 0 Å². The Bertz CT molecular complexity index is 32.6. The van der Waals surface area contributed by atoms with Crippen LogP contribution in [-0.2, 0) is 0 Å². The van der Waals surface area contributed by atoms with E-state index < -0.39 is 6.03 Å². The van der Waals surface area contributed by atoms with Gasteiger partial charge in [0.05, 0.1) is 0 Å². The predicted molar refractivity (Wildman–Crippen MR) is 13.8 cm³/mol. The van der Waals surface area contributed by atoms with E-state index in [0.717, 1.165) is 0 Å². The summed E-state index contributed by atoms with van der Waals surface area (Å²) in [5.41, 5.74) is 8.50. The van der Waals surface area contributed by atoms with E-state index in [0.29, 0.717) is 0 Å². The molecule has 2 amide bonds. The Morgan fingerprint density at radius 1 is 1.40 bits per heavy atom. The molecule has 0 aromatic rings. The normalized spacial score (nSPS) is 4.80. The zero-order valence-corrected chi connectivity index (χ0v) is 6.73. The summed E-state index contributed by atoms with van der Waals surface area (Å²) in [5, 5.41) is 0. The van der Waals surface area contributed by atoms with E-state index in [9.17, 15) is 0 Å². The molecule has 0 unspecified atom stereocenters. The third-order valence-corrected chi connectivity index (χ3v) is 0. The molecule has 4 heteroatoms. The summed E-state index contributed by atoms with van der Waals surface area (Å²) in [7, 11) is 0. The van der Waals surface area contributed by atoms with Crippen molar-refractivity contribution in [3.63, 3.8) is 0 Å². The number of rotatable bonds is 0. The molecule has 0 radical (unpaired) electrons. The molecule has 0 atom stereocenters. The zero-order valence-electron chi connectivity index (χ0n) is 2.56. The quantitative estimate of drug-likeness (QED) is 0.593. The smallest absolute Gasteiger partial charge is 0.309 e. The minimum absolute atomic E-state index is 0. The summed E-state index contributed by atoms with van der Waals surface area (Å²) in [4.78, 5) is 9.00. The zero-order chi connectivity index (χ0) is 3.58. The summed E-state index contributed by atoms with van der Waals surface area (Å²) >= 11 is 0. The molecule has 5 heavy (non-hydrogen) atoms. The fourth-order valence-electron chi connectivity index (χ4n) is 0. The molecule has 0 bridgehead atoms. The molecule has 4 N–H and O–H groups in total. The number of hydrogen-bond donors (Lipinski definition) is 2. The van der Waals surface area contributed by atoms with Gasteiger partial charge in [0.1, 0.15) is 0 Å². The van der Waals surface area contributed by atoms with Gasteiger partial charge in [0, 0.05) is 31.1 Å². The van der Waals surface area contributed by atoms with Gasteiger partial charge in [0.15, 0.2) is 0 Å². The van der Waals surface area contributed by atoms with E-state index in [1.807, 2.05) is 0 Å². The molecular weight excluding hydrogens is 294 g/mol. The average molecular weight is 298 g/mol. The molecule has 0 aromatic heterocycles. The molecule has 28 valence electrons. The summed E-state index contributed by atoms with van der Waals surface area (Å²) in [6.07, 6.45) is 0. The molecule has 3 nitrogen and oxygen atoms in total. The Labute approximate surface area is 53.5 Å². The first-order valence-corrected chi connectivity index (χ1v) is 0.781. The molecule has 0 aliphatic carbocycles. The predicted octanol–water partition coefficient (Wildman–Crippen LogP) is -0.976. The van der Waals surface area contributed by atoms with Gasteiger partial charge >= 0.3 is 6.03 Å². The second-order valence-corrected chi connectivity index (χ2v) is 0.402. The summed E-state index contributed by atoms with van der Waals surface area (Å²) in [5.74, 6) is 0. The van der Waals surface area contributed by atoms with E-state index in [4.69, 9.17) is 4.79 Å². The van der Waals surface area contributed by atoms with E-state index >= 15 is 0 Å². The Hall–Kier alpha value is 0.322. The Morgan fingerprint density at radius 3 is 1.40 bits per heavy atom. The summed E-state index contributed by atoms with van der Waals surface area (Å²) < 4.78 is 0. The van der Waals surface area contributed by atoms with Crippen molar-refractivity contribution in [2.24, 2.45) is 11.5 Å². The van der Waals surface area contributed by atoms with Gasteiger partial charge in [-0.15, -0.1) is 0 Å². The maximum Gasteiger partial charge on any atom is 0.309 e. The first-order valence-electron chi connectivity index (χ1n) is 0.781. The third-order valence-electron chi connectivity index (χ3n) is 0. The van der Waals surface area contributed by atoms with Crippen LogP contribution in [0.5, 0.6) is 0 Å². The first-order chi connectivity index (χ1) is 1.73. The molecule has 0 saturated heterocycles. The molecule has 0 rings (SSSR count). The van der Waals surface area contributed by atoms with Crippen molar-refractivity contribution in [1.29, 1.82) is 0 Å². The molecule has 0 fully saturated rings. The van der Waals surface area contributed by atoms with Crippen molar-refractivity contribution in [3.8, 4) is 0 Å². The van der Waals surface area contributed by atoms with Crippen molar-refractivity contribution in [2.45, 2.75) is 0 Å². The fraction of sp³-hybridized carbons (Fsp3) is 0. The van der Waals surface area contributed by atoms with Crippen molar-refractivity contribution in [2.75, 3.05) is 0 Å². The Kier molecular flexibility index (Phi) is 7.79. The Morgan fingerprint density at radius 2 is 1.40 bits per heavy atom. The van der Waals surface area contributed by atoms with Gasteiger partial charge in [-0.25, -0.2) is 4.79 Å². The number of amides is 2. The maximum atomic E-state index is 9.00. The number of nitrogens with two attached hydrogens (primary N) is 2. The Balaban J connectivity index is 0. The number of primary amides is 2. The van der Waals surface area contributed by atoms with Crippen molar-refractivity contribution in [1.82, 2.24) is 0 Å². The van der Waals surface area contributed by atoms with Gasteiger partial charge in [-0.2, -0.15) is 0 Å². The van der Waals surface area contributed by atoms with Crippen LogP contribution in [0, 0.1) is 31.1 Å². The third kappa shape index (κ3) is 225. The molecular formula is CH4N2OU. The van der Waals surface area contributed by atoms with Crippen molar-refractivity contribution < 1.29 is 35.9 Å². The van der Waals surface area contributed by atoms with Gasteiger partial charge in [-0.3, -0.25) is 0 Å². The van der Waals surface area contributed by atoms with Gasteiger partial charge in [-0.05, 0) is 0 Å². The minimum Gasteiger partial charge on any atom is -0.352 e. The summed E-state index contributed by atoms with van der Waals surface area (Å²) in [6.45, 7) is 0. The van der Waals surface area contributed by atoms with Crippen molar-refractivity contribution >= 4 is 6.03 Å². The SMILES string of the molecule is NC(N)=O.[U]. The van der Waals surface area contributed by atoms with Crippen molar-refractivity contribution in [3.05, 3.63) is 0 Å². The molecule has 0 spiro atoms. The molecule has 0 aromatic carbocycles.